The van der Waals surface area contributed by atoms with Crippen molar-refractivity contribution in [2.45, 2.75) is 25.3 Å². The Morgan fingerprint density at radius 1 is 1.22 bits per heavy atom. The Labute approximate surface area is 135 Å². The summed E-state index contributed by atoms with van der Waals surface area (Å²) in [4.78, 5) is 10.2. The van der Waals surface area contributed by atoms with Crippen molar-refractivity contribution < 1.29 is 5.11 Å². The fourth-order valence-corrected chi connectivity index (χ4v) is 3.63. The number of hydrogen-bond donors (Lipinski definition) is 2. The predicted octanol–water partition coefficient (Wildman–Crippen LogP) is 3.65. The van der Waals surface area contributed by atoms with Gasteiger partial charge in [0, 0.05) is 30.9 Å². The molecule has 4 nitrogen and oxygen atoms in total. The van der Waals surface area contributed by atoms with Gasteiger partial charge in [-0.3, -0.25) is 4.90 Å². The lowest BCUT2D eigenvalue weighted by atomic mass is 9.90. The van der Waals surface area contributed by atoms with Gasteiger partial charge < -0.3 is 10.1 Å². The average molecular weight is 307 g/mol. The summed E-state index contributed by atoms with van der Waals surface area (Å²) in [6.07, 6.45) is 6.41. The summed E-state index contributed by atoms with van der Waals surface area (Å²) in [6.45, 7) is 3.15. The van der Waals surface area contributed by atoms with Gasteiger partial charge in [-0.05, 0) is 60.7 Å². The standard InChI is InChI=1S/C19H21N3O/c23-16-7-5-14(6-8-16)12-22-10-2-3-15(13-22)18-11-21-19-17(18)4-1-9-20-19/h1,4-9,11,15,23H,2-3,10,12-13H2,(H,20,21). The monoisotopic (exact) mass is 307 g/mol. The van der Waals surface area contributed by atoms with E-state index in [-0.39, 0.29) is 0 Å². The molecule has 2 N–H and O–H groups in total. The van der Waals surface area contributed by atoms with Crippen LogP contribution in [0.5, 0.6) is 5.75 Å². The highest BCUT2D eigenvalue weighted by Gasteiger charge is 2.23. The number of piperidine rings is 1. The summed E-state index contributed by atoms with van der Waals surface area (Å²) in [7, 11) is 0. The molecule has 4 heteroatoms. The smallest absolute Gasteiger partial charge is 0.137 e. The molecule has 23 heavy (non-hydrogen) atoms. The molecule has 118 valence electrons. The summed E-state index contributed by atoms with van der Waals surface area (Å²) in [5.41, 5.74) is 3.63. The number of rotatable bonds is 3. The summed E-state index contributed by atoms with van der Waals surface area (Å²) in [6, 6.07) is 11.7. The topological polar surface area (TPSA) is 52.1 Å². The molecule has 4 rings (SSSR count). The fraction of sp³-hybridized carbons (Fsp3) is 0.316. The first-order valence-corrected chi connectivity index (χ1v) is 8.22. The van der Waals surface area contributed by atoms with Gasteiger partial charge in [0.25, 0.3) is 0 Å². The molecule has 1 fully saturated rings. The van der Waals surface area contributed by atoms with Gasteiger partial charge in [0.2, 0.25) is 0 Å². The number of nitrogens with one attached hydrogen (secondary N) is 1. The van der Waals surface area contributed by atoms with Crippen molar-refractivity contribution >= 4 is 11.0 Å². The molecule has 0 spiro atoms. The molecule has 1 unspecified atom stereocenters. The average Bonchev–Trinajstić information content (AvgIpc) is 3.01. The molecule has 1 aromatic carbocycles. The Balaban J connectivity index is 1.51. The van der Waals surface area contributed by atoms with Crippen molar-refractivity contribution in [3.63, 3.8) is 0 Å². The second kappa shape index (κ2) is 6.05. The zero-order chi connectivity index (χ0) is 15.6. The molecule has 0 bridgehead atoms. The van der Waals surface area contributed by atoms with Crippen molar-refractivity contribution in [1.82, 2.24) is 14.9 Å². The number of pyridine rings is 1. The summed E-state index contributed by atoms with van der Waals surface area (Å²) >= 11 is 0. The fourth-order valence-electron chi connectivity index (χ4n) is 3.63. The highest BCUT2D eigenvalue weighted by Crippen LogP contribution is 2.32. The molecular formula is C19H21N3O. The van der Waals surface area contributed by atoms with Crippen molar-refractivity contribution in [3.05, 3.63) is 59.9 Å². The van der Waals surface area contributed by atoms with Crippen LogP contribution in [0, 0.1) is 0 Å². The molecule has 0 amide bonds. The van der Waals surface area contributed by atoms with Gasteiger partial charge >= 0.3 is 0 Å². The van der Waals surface area contributed by atoms with Gasteiger partial charge in [-0.1, -0.05) is 12.1 Å². The van der Waals surface area contributed by atoms with Crippen LogP contribution in [0.1, 0.15) is 29.9 Å². The molecule has 1 atom stereocenters. The Morgan fingerprint density at radius 2 is 2.09 bits per heavy atom. The van der Waals surface area contributed by atoms with E-state index in [0.29, 0.717) is 11.7 Å². The Hall–Kier alpha value is -2.33. The van der Waals surface area contributed by atoms with E-state index in [1.165, 1.54) is 29.4 Å². The molecule has 2 aromatic heterocycles. The number of H-pyrrole nitrogens is 1. The second-order valence-corrected chi connectivity index (χ2v) is 6.38. The second-order valence-electron chi connectivity index (χ2n) is 6.38. The molecule has 3 aromatic rings. The number of benzene rings is 1. The first-order valence-electron chi connectivity index (χ1n) is 8.22. The largest absolute Gasteiger partial charge is 0.508 e. The van der Waals surface area contributed by atoms with Gasteiger partial charge in [0.15, 0.2) is 0 Å². The predicted molar refractivity (Wildman–Crippen MR) is 91.5 cm³/mol. The maximum atomic E-state index is 9.41. The highest BCUT2D eigenvalue weighted by atomic mass is 16.3. The van der Waals surface area contributed by atoms with Crippen molar-refractivity contribution in [1.29, 1.82) is 0 Å². The first-order chi connectivity index (χ1) is 11.3. The third kappa shape index (κ3) is 2.94. The van der Waals surface area contributed by atoms with Crippen molar-refractivity contribution in [2.75, 3.05) is 13.1 Å². The number of phenolic OH excluding ortho intramolecular Hbond substituents is 1. The minimum Gasteiger partial charge on any atom is -0.508 e. The van der Waals surface area contributed by atoms with Crippen molar-refractivity contribution in [2.24, 2.45) is 0 Å². The molecule has 1 saturated heterocycles. The number of fused-ring (bicyclic) bond motifs is 1. The highest BCUT2D eigenvalue weighted by molar-refractivity contribution is 5.80. The lowest BCUT2D eigenvalue weighted by Gasteiger charge is -2.32. The number of aromatic amines is 1. The Morgan fingerprint density at radius 3 is 2.96 bits per heavy atom. The molecule has 1 aliphatic heterocycles. The SMILES string of the molecule is Oc1ccc(CN2CCCC(c3c[nH]c4ncccc34)C2)cc1. The quantitative estimate of drug-likeness (QED) is 0.776. The zero-order valence-corrected chi connectivity index (χ0v) is 13.1. The van der Waals surface area contributed by atoms with Gasteiger partial charge in [-0.2, -0.15) is 0 Å². The minimum atomic E-state index is 0.330. The molecule has 0 saturated carbocycles. The Kier molecular flexibility index (Phi) is 3.75. The normalized spacial score (nSPS) is 19.2. The van der Waals surface area contributed by atoms with E-state index in [2.05, 4.69) is 27.1 Å². The maximum Gasteiger partial charge on any atom is 0.137 e. The summed E-state index contributed by atoms with van der Waals surface area (Å²) in [5, 5.41) is 10.7. The van der Waals surface area contributed by atoms with E-state index in [1.54, 1.807) is 12.1 Å². The number of phenols is 1. The van der Waals surface area contributed by atoms with E-state index >= 15 is 0 Å². The van der Waals surface area contributed by atoms with Crippen LogP contribution in [0.25, 0.3) is 11.0 Å². The molecule has 1 aliphatic rings. The van der Waals surface area contributed by atoms with E-state index in [4.69, 9.17) is 0 Å². The minimum absolute atomic E-state index is 0.330. The van der Waals surface area contributed by atoms with E-state index in [1.807, 2.05) is 24.4 Å². The number of hydrogen-bond acceptors (Lipinski definition) is 3. The summed E-state index contributed by atoms with van der Waals surface area (Å²) < 4.78 is 0. The van der Waals surface area contributed by atoms with Crippen LogP contribution in [0.2, 0.25) is 0 Å². The van der Waals surface area contributed by atoms with Crippen LogP contribution < -0.4 is 0 Å². The van der Waals surface area contributed by atoms with Crippen molar-refractivity contribution in [3.8, 4) is 5.75 Å². The van der Waals surface area contributed by atoms with Crippen LogP contribution in [0.3, 0.4) is 0 Å². The molecule has 0 aliphatic carbocycles. The third-order valence-corrected chi connectivity index (χ3v) is 4.77. The number of nitrogens with zero attached hydrogens (tertiary/aromatic N) is 2. The maximum absolute atomic E-state index is 9.41. The van der Waals surface area contributed by atoms with E-state index in [9.17, 15) is 5.11 Å². The van der Waals surface area contributed by atoms with Crippen LogP contribution in [0.15, 0.2) is 48.8 Å². The first kappa shape index (κ1) is 14.3. The van der Waals surface area contributed by atoms with Crippen LogP contribution in [-0.4, -0.2) is 33.1 Å². The number of aromatic nitrogens is 2. The van der Waals surface area contributed by atoms with Gasteiger partial charge in [0.05, 0.1) is 0 Å². The lowest BCUT2D eigenvalue weighted by molar-refractivity contribution is 0.200. The lowest BCUT2D eigenvalue weighted by Crippen LogP contribution is -2.33. The zero-order valence-electron chi connectivity index (χ0n) is 13.1. The molecule has 3 heterocycles. The summed E-state index contributed by atoms with van der Waals surface area (Å²) in [5.74, 6) is 0.885. The van der Waals surface area contributed by atoms with Gasteiger partial charge in [-0.15, -0.1) is 0 Å². The third-order valence-electron chi connectivity index (χ3n) is 4.77. The van der Waals surface area contributed by atoms with Gasteiger partial charge in [-0.25, -0.2) is 4.98 Å². The molecule has 0 radical (unpaired) electrons. The van der Waals surface area contributed by atoms with Gasteiger partial charge in [0.1, 0.15) is 11.4 Å². The van der Waals surface area contributed by atoms with E-state index < -0.39 is 0 Å². The number of aromatic hydroxyl groups is 1. The number of likely N-dealkylation sites (tertiary alicyclic amines) is 1. The Bertz CT molecular complexity index is 794. The van der Waals surface area contributed by atoms with Crippen LogP contribution in [-0.2, 0) is 6.54 Å². The van der Waals surface area contributed by atoms with Crippen LogP contribution in [0.4, 0.5) is 0 Å². The van der Waals surface area contributed by atoms with Crippen LogP contribution >= 0.6 is 0 Å². The van der Waals surface area contributed by atoms with E-state index in [0.717, 1.165) is 25.3 Å². The molecular weight excluding hydrogens is 286 g/mol.